The number of nitrogens with zero attached hydrogens (tertiary/aromatic N) is 3. The molecule has 1 N–H and O–H groups in total. The topological polar surface area (TPSA) is 101 Å². The third kappa shape index (κ3) is 3.61. The van der Waals surface area contributed by atoms with Crippen LogP contribution >= 0.6 is 0 Å². The van der Waals surface area contributed by atoms with Crippen LogP contribution in [0.2, 0.25) is 0 Å². The van der Waals surface area contributed by atoms with Crippen LogP contribution in [-0.2, 0) is 22.8 Å². The Bertz CT molecular complexity index is 872. The third-order valence-corrected chi connectivity index (χ3v) is 7.44. The Morgan fingerprint density at radius 2 is 2.04 bits per heavy atom. The predicted octanol–water partition coefficient (Wildman–Crippen LogP) is 0.761. The van der Waals surface area contributed by atoms with E-state index in [-0.39, 0.29) is 35.4 Å². The Morgan fingerprint density at radius 1 is 1.26 bits per heavy atom. The predicted molar refractivity (Wildman–Crippen MR) is 99.4 cm³/mol. The van der Waals surface area contributed by atoms with E-state index in [1.54, 1.807) is 4.90 Å². The smallest absolute Gasteiger partial charge is 0.287 e. The van der Waals surface area contributed by atoms with Gasteiger partial charge in [0, 0.05) is 25.2 Å². The van der Waals surface area contributed by atoms with Crippen molar-refractivity contribution >= 4 is 21.7 Å². The molecule has 0 aromatic carbocycles. The van der Waals surface area contributed by atoms with Gasteiger partial charge in [-0.1, -0.05) is 0 Å². The molecule has 1 aromatic rings. The number of rotatable bonds is 5. The van der Waals surface area contributed by atoms with E-state index in [0.717, 1.165) is 31.4 Å². The molecule has 0 radical (unpaired) electrons. The van der Waals surface area contributed by atoms with Crippen molar-refractivity contribution in [2.24, 2.45) is 0 Å². The van der Waals surface area contributed by atoms with E-state index in [4.69, 9.17) is 0 Å². The summed E-state index contributed by atoms with van der Waals surface area (Å²) >= 11 is 0. The van der Waals surface area contributed by atoms with Gasteiger partial charge in [-0.15, -0.1) is 0 Å². The summed E-state index contributed by atoms with van der Waals surface area (Å²) in [6.07, 6.45) is 5.08. The van der Waals surface area contributed by atoms with Crippen LogP contribution in [-0.4, -0.2) is 64.8 Å². The number of hydrogen-bond donors (Lipinski definition) is 1. The number of sulfone groups is 1. The monoisotopic (exact) mass is 394 g/mol. The Hall–Kier alpha value is -1.90. The van der Waals surface area contributed by atoms with Gasteiger partial charge in [0.25, 0.3) is 11.8 Å². The second-order valence-electron chi connectivity index (χ2n) is 7.74. The summed E-state index contributed by atoms with van der Waals surface area (Å²) in [5.41, 5.74) is 1.13. The minimum atomic E-state index is -3.08. The van der Waals surface area contributed by atoms with Gasteiger partial charge in [-0.2, -0.15) is 0 Å². The number of fused-ring (bicyclic) bond motifs is 1. The summed E-state index contributed by atoms with van der Waals surface area (Å²) in [7, 11) is -3.08. The number of aromatic nitrogens is 2. The van der Waals surface area contributed by atoms with Gasteiger partial charge in [0.15, 0.2) is 15.7 Å². The lowest BCUT2D eigenvalue weighted by Crippen LogP contribution is -2.41. The van der Waals surface area contributed by atoms with E-state index in [0.29, 0.717) is 37.4 Å². The molecule has 0 bridgehead atoms. The Morgan fingerprint density at radius 3 is 2.67 bits per heavy atom. The van der Waals surface area contributed by atoms with E-state index in [9.17, 15) is 18.0 Å². The molecule has 1 saturated heterocycles. The molecule has 148 valence electrons. The first-order valence-electron chi connectivity index (χ1n) is 9.81. The van der Waals surface area contributed by atoms with Gasteiger partial charge in [0.05, 0.1) is 17.2 Å². The summed E-state index contributed by atoms with van der Waals surface area (Å²) < 4.78 is 25.6. The maximum Gasteiger partial charge on any atom is 0.287 e. The first-order chi connectivity index (χ1) is 12.9. The van der Waals surface area contributed by atoms with Crippen LogP contribution in [0.5, 0.6) is 0 Å². The molecule has 1 aromatic heterocycles. The average Bonchev–Trinajstić information content (AvgIpc) is 3.25. The number of hydrogen-bond acceptors (Lipinski definition) is 5. The van der Waals surface area contributed by atoms with Crippen LogP contribution in [0, 0.1) is 0 Å². The Balaban J connectivity index is 1.64. The molecule has 0 spiro atoms. The average molecular weight is 394 g/mol. The quantitative estimate of drug-likeness (QED) is 0.795. The molecule has 2 aliphatic heterocycles. The van der Waals surface area contributed by atoms with E-state index < -0.39 is 9.84 Å². The van der Waals surface area contributed by atoms with Crippen molar-refractivity contribution in [3.8, 4) is 0 Å². The molecular formula is C18H26N4O4S. The van der Waals surface area contributed by atoms with E-state index in [1.165, 1.54) is 0 Å². The minimum absolute atomic E-state index is 0.0116. The van der Waals surface area contributed by atoms with E-state index >= 15 is 0 Å². The molecule has 2 amide bonds. The normalized spacial score (nSPS) is 23.7. The molecule has 1 saturated carbocycles. The van der Waals surface area contributed by atoms with Crippen molar-refractivity contribution in [3.63, 3.8) is 0 Å². The van der Waals surface area contributed by atoms with Crippen LogP contribution in [0.25, 0.3) is 0 Å². The van der Waals surface area contributed by atoms with Crippen molar-refractivity contribution in [1.82, 2.24) is 19.8 Å². The standard InChI is InChI=1S/C18H26N4O4S/c1-2-21(13-8-10-27(25,26)11-13)18(24)15-14-5-3-4-9-22(14)16(20-15)17(23)19-12-6-7-12/h12-13H,2-11H2,1H3,(H,19,23). The first-order valence-corrected chi connectivity index (χ1v) is 11.6. The molecular weight excluding hydrogens is 368 g/mol. The maximum atomic E-state index is 13.2. The summed E-state index contributed by atoms with van der Waals surface area (Å²) in [6.45, 7) is 2.97. The van der Waals surface area contributed by atoms with E-state index in [1.807, 2.05) is 11.5 Å². The molecule has 2 fully saturated rings. The molecule has 1 aliphatic carbocycles. The first kappa shape index (κ1) is 18.5. The van der Waals surface area contributed by atoms with Gasteiger partial charge in [0.2, 0.25) is 0 Å². The largest absolute Gasteiger partial charge is 0.347 e. The van der Waals surface area contributed by atoms with Gasteiger partial charge in [-0.3, -0.25) is 9.59 Å². The molecule has 3 aliphatic rings. The SMILES string of the molecule is CCN(C(=O)c1nc(C(=O)NC2CC2)n2c1CCCC2)C1CCS(=O)(=O)C1. The lowest BCUT2D eigenvalue weighted by molar-refractivity contribution is 0.0701. The molecule has 1 atom stereocenters. The van der Waals surface area contributed by atoms with Crippen LogP contribution < -0.4 is 5.32 Å². The van der Waals surface area contributed by atoms with Gasteiger partial charge in [-0.05, 0) is 45.4 Å². The lowest BCUT2D eigenvalue weighted by atomic mass is 10.1. The van der Waals surface area contributed by atoms with Crippen LogP contribution in [0.1, 0.15) is 65.8 Å². The van der Waals surface area contributed by atoms with Crippen molar-refractivity contribution in [3.05, 3.63) is 17.2 Å². The number of imidazole rings is 1. The molecule has 9 heteroatoms. The van der Waals surface area contributed by atoms with Crippen LogP contribution in [0.4, 0.5) is 0 Å². The van der Waals surface area contributed by atoms with Gasteiger partial charge in [0.1, 0.15) is 5.69 Å². The number of carbonyl (C=O) groups excluding carboxylic acids is 2. The van der Waals surface area contributed by atoms with Crippen LogP contribution in [0.15, 0.2) is 0 Å². The summed E-state index contributed by atoms with van der Waals surface area (Å²) in [4.78, 5) is 31.9. The van der Waals surface area contributed by atoms with Crippen molar-refractivity contribution in [2.45, 2.75) is 64.1 Å². The second kappa shape index (κ2) is 6.92. The molecule has 3 heterocycles. The van der Waals surface area contributed by atoms with Crippen LogP contribution in [0.3, 0.4) is 0 Å². The summed E-state index contributed by atoms with van der Waals surface area (Å²) in [5, 5.41) is 2.96. The maximum absolute atomic E-state index is 13.2. The fourth-order valence-electron chi connectivity index (χ4n) is 4.09. The van der Waals surface area contributed by atoms with Gasteiger partial charge in [-0.25, -0.2) is 13.4 Å². The van der Waals surface area contributed by atoms with Crippen molar-refractivity contribution in [2.75, 3.05) is 18.1 Å². The highest BCUT2D eigenvalue weighted by atomic mass is 32.2. The minimum Gasteiger partial charge on any atom is -0.347 e. The zero-order valence-electron chi connectivity index (χ0n) is 15.6. The number of nitrogens with one attached hydrogen (secondary N) is 1. The van der Waals surface area contributed by atoms with E-state index in [2.05, 4.69) is 10.3 Å². The number of amides is 2. The fourth-order valence-corrected chi connectivity index (χ4v) is 5.82. The lowest BCUT2D eigenvalue weighted by Gasteiger charge is -2.27. The third-order valence-electron chi connectivity index (χ3n) is 5.69. The number of carbonyl (C=O) groups is 2. The van der Waals surface area contributed by atoms with Gasteiger partial charge < -0.3 is 14.8 Å². The highest BCUT2D eigenvalue weighted by Gasteiger charge is 2.37. The molecule has 8 nitrogen and oxygen atoms in total. The molecule has 1 unspecified atom stereocenters. The zero-order valence-corrected chi connectivity index (χ0v) is 16.4. The molecule has 27 heavy (non-hydrogen) atoms. The zero-order chi connectivity index (χ0) is 19.2. The Kier molecular flexibility index (Phi) is 4.73. The summed E-state index contributed by atoms with van der Waals surface area (Å²) in [5.74, 6) is -0.0212. The van der Waals surface area contributed by atoms with Crippen molar-refractivity contribution < 1.29 is 18.0 Å². The fraction of sp³-hybridized carbons (Fsp3) is 0.722. The summed E-state index contributed by atoms with van der Waals surface area (Å²) in [6, 6.07) is -0.0822. The molecule has 4 rings (SSSR count). The highest BCUT2D eigenvalue weighted by Crippen LogP contribution is 2.26. The van der Waals surface area contributed by atoms with Crippen molar-refractivity contribution in [1.29, 1.82) is 0 Å². The highest BCUT2D eigenvalue weighted by molar-refractivity contribution is 7.91. The second-order valence-corrected chi connectivity index (χ2v) is 9.96. The van der Waals surface area contributed by atoms with Gasteiger partial charge >= 0.3 is 0 Å². The Labute approximate surface area is 159 Å².